The smallest absolute Gasteiger partial charge is 0.343 e. The third-order valence-corrected chi connectivity index (χ3v) is 4.73. The Labute approximate surface area is 186 Å². The van der Waals surface area contributed by atoms with Crippen LogP contribution in [0.5, 0.6) is 0 Å². The molecule has 1 aliphatic heterocycles. The lowest BCUT2D eigenvalue weighted by molar-refractivity contribution is -0.146. The predicted octanol–water partition coefficient (Wildman–Crippen LogP) is 2.20. The lowest BCUT2D eigenvalue weighted by Gasteiger charge is -2.28. The molecule has 0 spiro atoms. The molecular formula is C23H28O9. The molecule has 0 aromatic rings. The first-order valence-electron chi connectivity index (χ1n) is 10.0. The van der Waals surface area contributed by atoms with E-state index < -0.39 is 41.7 Å². The Morgan fingerprint density at radius 1 is 1.22 bits per heavy atom. The number of fused-ring (bicyclic) bond motifs is 1. The highest BCUT2D eigenvalue weighted by molar-refractivity contribution is 5.96. The molecule has 2 aliphatic rings. The van der Waals surface area contributed by atoms with Crippen molar-refractivity contribution < 1.29 is 43.2 Å². The van der Waals surface area contributed by atoms with Crippen molar-refractivity contribution in [2.45, 2.75) is 65.3 Å². The highest BCUT2D eigenvalue weighted by Crippen LogP contribution is 2.37. The van der Waals surface area contributed by atoms with Gasteiger partial charge < -0.3 is 24.1 Å². The highest BCUT2D eigenvalue weighted by Gasteiger charge is 2.40. The Morgan fingerprint density at radius 2 is 1.88 bits per heavy atom. The monoisotopic (exact) mass is 448 g/mol. The molecular weight excluding hydrogens is 420 g/mol. The Kier molecular flexibility index (Phi) is 7.79. The van der Waals surface area contributed by atoms with Crippen molar-refractivity contribution in [2.75, 3.05) is 6.61 Å². The minimum Gasteiger partial charge on any atom is -0.461 e. The fourth-order valence-corrected chi connectivity index (χ4v) is 3.45. The zero-order chi connectivity index (χ0) is 24.2. The van der Waals surface area contributed by atoms with Crippen LogP contribution in [0.25, 0.3) is 0 Å². The summed E-state index contributed by atoms with van der Waals surface area (Å²) in [4.78, 5) is 47.8. The molecule has 0 radical (unpaired) electrons. The minimum absolute atomic E-state index is 0.00618. The summed E-state index contributed by atoms with van der Waals surface area (Å²) in [6, 6.07) is 0. The summed E-state index contributed by atoms with van der Waals surface area (Å²) < 4.78 is 21.3. The van der Waals surface area contributed by atoms with Crippen molar-refractivity contribution in [3.8, 4) is 0 Å². The average Bonchev–Trinajstić information content (AvgIpc) is 2.91. The standard InChI is InChI=1S/C23H28O9/c1-12(2)21(26)31-18-8-13(3)7-16(30-15(5)25)9-23(6,28)10-19-20(18)17(22(27)32-19)11-29-14(4)24/h7,10,16,18,28H,1,8-9,11H2,2-6H3/b13-7-,19-10+/t16-,18+,23-/m1/s1. The van der Waals surface area contributed by atoms with Crippen LogP contribution in [0, 0.1) is 0 Å². The summed E-state index contributed by atoms with van der Waals surface area (Å²) in [7, 11) is 0. The van der Waals surface area contributed by atoms with Crippen LogP contribution in [0.3, 0.4) is 0 Å². The first-order chi connectivity index (χ1) is 14.8. The van der Waals surface area contributed by atoms with E-state index in [2.05, 4.69) is 6.58 Å². The molecule has 0 aromatic carbocycles. The zero-order valence-corrected chi connectivity index (χ0v) is 18.9. The van der Waals surface area contributed by atoms with Gasteiger partial charge in [0.05, 0.1) is 11.2 Å². The van der Waals surface area contributed by atoms with E-state index in [0.717, 1.165) is 0 Å². The second-order valence-electron chi connectivity index (χ2n) is 8.17. The van der Waals surface area contributed by atoms with Gasteiger partial charge in [0.15, 0.2) is 0 Å². The molecule has 0 amide bonds. The van der Waals surface area contributed by atoms with Crippen LogP contribution in [-0.2, 0) is 38.1 Å². The Balaban J connectivity index is 2.64. The maximum atomic E-state index is 12.6. The summed E-state index contributed by atoms with van der Waals surface area (Å²) >= 11 is 0. The van der Waals surface area contributed by atoms with E-state index in [0.29, 0.717) is 5.57 Å². The first kappa shape index (κ1) is 25.1. The van der Waals surface area contributed by atoms with Gasteiger partial charge in [-0.05, 0) is 32.9 Å². The summed E-state index contributed by atoms with van der Waals surface area (Å²) in [6.45, 7) is 10.3. The largest absolute Gasteiger partial charge is 0.461 e. The van der Waals surface area contributed by atoms with Crippen molar-refractivity contribution in [3.63, 3.8) is 0 Å². The van der Waals surface area contributed by atoms with E-state index in [1.807, 2.05) is 0 Å². The lowest BCUT2D eigenvalue weighted by Crippen LogP contribution is -2.32. The maximum absolute atomic E-state index is 12.6. The van der Waals surface area contributed by atoms with Crippen LogP contribution in [0.15, 0.2) is 46.8 Å². The van der Waals surface area contributed by atoms with Gasteiger partial charge >= 0.3 is 23.9 Å². The van der Waals surface area contributed by atoms with E-state index in [1.165, 1.54) is 33.8 Å². The van der Waals surface area contributed by atoms with Crippen LogP contribution < -0.4 is 0 Å². The van der Waals surface area contributed by atoms with Crippen LogP contribution in [-0.4, -0.2) is 53.4 Å². The summed E-state index contributed by atoms with van der Waals surface area (Å²) in [5.74, 6) is -2.62. The van der Waals surface area contributed by atoms with E-state index in [4.69, 9.17) is 18.9 Å². The molecule has 1 aliphatic carbocycles. The summed E-state index contributed by atoms with van der Waals surface area (Å²) in [6.07, 6.45) is 1.30. The molecule has 0 unspecified atom stereocenters. The average molecular weight is 448 g/mol. The molecule has 0 bridgehead atoms. The highest BCUT2D eigenvalue weighted by atomic mass is 16.6. The van der Waals surface area contributed by atoms with Gasteiger partial charge in [0, 0.05) is 37.8 Å². The van der Waals surface area contributed by atoms with Crippen molar-refractivity contribution >= 4 is 23.9 Å². The molecule has 1 N–H and O–H groups in total. The second kappa shape index (κ2) is 9.95. The zero-order valence-electron chi connectivity index (χ0n) is 18.9. The van der Waals surface area contributed by atoms with E-state index >= 15 is 0 Å². The third-order valence-electron chi connectivity index (χ3n) is 4.73. The Hall–Kier alpha value is -3.20. The quantitative estimate of drug-likeness (QED) is 0.291. The van der Waals surface area contributed by atoms with Crippen molar-refractivity contribution in [3.05, 3.63) is 46.8 Å². The maximum Gasteiger partial charge on any atom is 0.343 e. The van der Waals surface area contributed by atoms with Gasteiger partial charge in [-0.1, -0.05) is 12.2 Å². The predicted molar refractivity (Wildman–Crippen MR) is 112 cm³/mol. The van der Waals surface area contributed by atoms with Crippen LogP contribution in [0.2, 0.25) is 0 Å². The van der Waals surface area contributed by atoms with Gasteiger partial charge in [-0.15, -0.1) is 0 Å². The molecule has 9 nitrogen and oxygen atoms in total. The minimum atomic E-state index is -1.56. The molecule has 3 atom stereocenters. The molecule has 1 heterocycles. The number of hydrogen-bond donors (Lipinski definition) is 1. The fourth-order valence-electron chi connectivity index (χ4n) is 3.45. The molecule has 0 saturated heterocycles. The van der Waals surface area contributed by atoms with Gasteiger partial charge in [-0.25, -0.2) is 9.59 Å². The van der Waals surface area contributed by atoms with Gasteiger partial charge in [-0.3, -0.25) is 9.59 Å². The third kappa shape index (κ3) is 6.65. The van der Waals surface area contributed by atoms with Crippen molar-refractivity contribution in [1.29, 1.82) is 0 Å². The molecule has 0 saturated carbocycles. The molecule has 0 aromatic heterocycles. The van der Waals surface area contributed by atoms with E-state index in [9.17, 15) is 24.3 Å². The number of carbonyl (C=O) groups excluding carboxylic acids is 4. The van der Waals surface area contributed by atoms with Crippen LogP contribution >= 0.6 is 0 Å². The number of aliphatic hydroxyl groups is 1. The molecule has 0 fully saturated rings. The lowest BCUT2D eigenvalue weighted by atomic mass is 9.89. The van der Waals surface area contributed by atoms with Gasteiger partial charge in [0.2, 0.25) is 0 Å². The first-order valence-corrected chi connectivity index (χ1v) is 10.0. The molecule has 2 rings (SSSR count). The van der Waals surface area contributed by atoms with Gasteiger partial charge in [0.1, 0.15) is 24.6 Å². The Morgan fingerprint density at radius 3 is 2.44 bits per heavy atom. The SMILES string of the molecule is C=C(C)C(=O)O[C@H]1C/C(C)=C\[C@@H](OC(C)=O)C[C@@](C)(O)/C=C2/OC(=O)C(COC(C)=O)=C21. The number of esters is 4. The molecule has 32 heavy (non-hydrogen) atoms. The Bertz CT molecular complexity index is 933. The number of carbonyl (C=O) groups is 4. The number of rotatable bonds is 5. The fraction of sp³-hybridized carbons (Fsp3) is 0.478. The van der Waals surface area contributed by atoms with Gasteiger partial charge in [-0.2, -0.15) is 0 Å². The normalized spacial score (nSPS) is 28.9. The van der Waals surface area contributed by atoms with Crippen molar-refractivity contribution in [2.24, 2.45) is 0 Å². The van der Waals surface area contributed by atoms with E-state index in [-0.39, 0.29) is 41.9 Å². The molecule has 174 valence electrons. The van der Waals surface area contributed by atoms with Crippen LogP contribution in [0.4, 0.5) is 0 Å². The van der Waals surface area contributed by atoms with Crippen LogP contribution in [0.1, 0.15) is 47.5 Å². The number of ether oxygens (including phenoxy) is 4. The van der Waals surface area contributed by atoms with E-state index in [1.54, 1.807) is 13.0 Å². The second-order valence-corrected chi connectivity index (χ2v) is 8.17. The van der Waals surface area contributed by atoms with Gasteiger partial charge in [0.25, 0.3) is 0 Å². The molecule has 9 heteroatoms. The summed E-state index contributed by atoms with van der Waals surface area (Å²) in [5.41, 5.74) is -0.538. The summed E-state index contributed by atoms with van der Waals surface area (Å²) in [5, 5.41) is 10.9. The topological polar surface area (TPSA) is 125 Å². The van der Waals surface area contributed by atoms with Crippen molar-refractivity contribution in [1.82, 2.24) is 0 Å². The number of hydrogen-bond acceptors (Lipinski definition) is 9.